The molecule has 2 atom stereocenters. The minimum atomic E-state index is -2.07. The first-order chi connectivity index (χ1) is 14.2. The van der Waals surface area contributed by atoms with Crippen molar-refractivity contribution in [3.8, 4) is 0 Å². The normalized spacial score (nSPS) is 21.1. The number of hydrogen-bond donors (Lipinski definition) is 3. The van der Waals surface area contributed by atoms with E-state index in [9.17, 15) is 24.2 Å². The van der Waals surface area contributed by atoms with Crippen LogP contribution < -0.4 is 5.32 Å². The zero-order valence-electron chi connectivity index (χ0n) is 16.1. The molecule has 0 radical (unpaired) electrons. The molecule has 1 aliphatic carbocycles. The molecule has 1 unspecified atom stereocenters. The van der Waals surface area contributed by atoms with E-state index in [4.69, 9.17) is 11.6 Å². The molecule has 2 aromatic carbocycles. The van der Waals surface area contributed by atoms with Gasteiger partial charge in [0.15, 0.2) is 5.78 Å². The predicted octanol–water partition coefficient (Wildman–Crippen LogP) is 3.69. The van der Waals surface area contributed by atoms with Crippen LogP contribution in [0.4, 0.5) is 4.39 Å². The molecule has 2 aromatic rings. The fraction of sp³-hybridized carbons (Fsp3) is 0.364. The lowest BCUT2D eigenvalue weighted by molar-refractivity contribution is -0.150. The number of hydrogen-bond acceptors (Lipinski definition) is 4. The maximum absolute atomic E-state index is 13.4. The fourth-order valence-electron chi connectivity index (χ4n) is 3.76. The van der Waals surface area contributed by atoms with Crippen molar-refractivity contribution < 1.29 is 24.2 Å². The van der Waals surface area contributed by atoms with E-state index in [0.717, 1.165) is 21.7 Å². The van der Waals surface area contributed by atoms with E-state index in [-0.39, 0.29) is 24.6 Å². The summed E-state index contributed by atoms with van der Waals surface area (Å²) in [6.45, 7) is -0.132. The summed E-state index contributed by atoms with van der Waals surface area (Å²) >= 11 is 9.17. The van der Waals surface area contributed by atoms with Crippen molar-refractivity contribution in [3.05, 3.63) is 68.4 Å². The topological polar surface area (TPSA) is 86.6 Å². The molecule has 1 saturated carbocycles. The largest absolute Gasteiger partial charge is 0.392 e. The highest BCUT2D eigenvalue weighted by Gasteiger charge is 2.51. The lowest BCUT2D eigenvalue weighted by atomic mass is 9.93. The molecule has 30 heavy (non-hydrogen) atoms. The molecular weight excluding hydrogens is 477 g/mol. The van der Waals surface area contributed by atoms with Crippen molar-refractivity contribution in [3.63, 3.8) is 0 Å². The average molecular weight is 499 g/mol. The highest BCUT2D eigenvalue weighted by molar-refractivity contribution is 9.10. The van der Waals surface area contributed by atoms with Crippen LogP contribution in [0.1, 0.15) is 36.0 Å². The van der Waals surface area contributed by atoms with Gasteiger partial charge in [-0.25, -0.2) is 4.39 Å². The molecule has 3 rings (SSSR count). The van der Waals surface area contributed by atoms with E-state index in [1.165, 1.54) is 12.1 Å². The zero-order valence-corrected chi connectivity index (χ0v) is 18.5. The standard InChI is InChI=1S/C22H22BrClFNO4/c23-19-4-2-13(7-16(19)12-27)1-3-15-5-6-22(30,20(15)28)21(29)26-11-14-8-17(24)10-18(25)9-14/h2,4,7-10,15,27,30H,1,3,5-6,11-12H2,(H,26,29)/t15?,22-/m1/s1. The number of halogens is 3. The Morgan fingerprint density at radius 3 is 2.73 bits per heavy atom. The lowest BCUT2D eigenvalue weighted by Gasteiger charge is -2.21. The molecule has 1 aliphatic rings. The van der Waals surface area contributed by atoms with Crippen molar-refractivity contribution >= 4 is 39.2 Å². The first-order valence-corrected chi connectivity index (χ1v) is 10.8. The van der Waals surface area contributed by atoms with Crippen LogP contribution in [0.15, 0.2) is 40.9 Å². The predicted molar refractivity (Wildman–Crippen MR) is 114 cm³/mol. The van der Waals surface area contributed by atoms with E-state index in [0.29, 0.717) is 24.8 Å². The molecule has 1 amide bonds. The van der Waals surface area contributed by atoms with E-state index >= 15 is 0 Å². The highest BCUT2D eigenvalue weighted by Crippen LogP contribution is 2.34. The Bertz CT molecular complexity index is 950. The number of nitrogens with one attached hydrogen (secondary N) is 1. The first-order valence-electron chi connectivity index (χ1n) is 9.61. The molecule has 1 fully saturated rings. The monoisotopic (exact) mass is 497 g/mol. The molecule has 5 nitrogen and oxygen atoms in total. The van der Waals surface area contributed by atoms with Crippen LogP contribution in [0.5, 0.6) is 0 Å². The van der Waals surface area contributed by atoms with Gasteiger partial charge in [-0.3, -0.25) is 9.59 Å². The maximum Gasteiger partial charge on any atom is 0.260 e. The Balaban J connectivity index is 1.59. The summed E-state index contributed by atoms with van der Waals surface area (Å²) < 4.78 is 14.2. The molecule has 0 aromatic heterocycles. The Morgan fingerprint density at radius 2 is 2.03 bits per heavy atom. The Hall–Kier alpha value is -1.80. The van der Waals surface area contributed by atoms with E-state index < -0.39 is 29.0 Å². The van der Waals surface area contributed by atoms with Gasteiger partial charge in [0, 0.05) is 22.0 Å². The third kappa shape index (κ3) is 5.09. The molecule has 0 spiro atoms. The summed E-state index contributed by atoms with van der Waals surface area (Å²) in [7, 11) is 0. The molecule has 0 heterocycles. The summed E-state index contributed by atoms with van der Waals surface area (Å²) in [5.74, 6) is -2.22. The number of aliphatic hydroxyl groups is 2. The van der Waals surface area contributed by atoms with Crippen molar-refractivity contribution in [2.24, 2.45) is 5.92 Å². The summed E-state index contributed by atoms with van der Waals surface area (Å²) in [5.41, 5.74) is 0.1000. The fourth-order valence-corrected chi connectivity index (χ4v) is 4.38. The van der Waals surface area contributed by atoms with E-state index in [1.54, 1.807) is 0 Å². The average Bonchev–Trinajstić information content (AvgIpc) is 3.00. The SMILES string of the molecule is O=C(NCc1cc(F)cc(Cl)c1)[C@@]1(O)CCC(CCc2ccc(Br)c(CO)c2)C1=O. The number of benzene rings is 2. The number of carbonyl (C=O) groups is 2. The molecular formula is C22H22BrClFNO4. The number of rotatable bonds is 7. The molecule has 0 bridgehead atoms. The van der Waals surface area contributed by atoms with Crippen LogP contribution in [-0.4, -0.2) is 27.5 Å². The van der Waals surface area contributed by atoms with Gasteiger partial charge < -0.3 is 15.5 Å². The van der Waals surface area contributed by atoms with Gasteiger partial charge in [0.05, 0.1) is 6.61 Å². The number of Topliss-reactive ketones (excluding diaryl/α,β-unsaturated/α-hetero) is 1. The van der Waals surface area contributed by atoms with Gasteiger partial charge in [-0.1, -0.05) is 39.7 Å². The molecule has 0 saturated heterocycles. The zero-order chi connectivity index (χ0) is 21.9. The van der Waals surface area contributed by atoms with Gasteiger partial charge in [0.2, 0.25) is 5.60 Å². The lowest BCUT2D eigenvalue weighted by Crippen LogP contribution is -2.50. The van der Waals surface area contributed by atoms with E-state index in [1.807, 2.05) is 18.2 Å². The van der Waals surface area contributed by atoms with Crippen LogP contribution in [0, 0.1) is 11.7 Å². The van der Waals surface area contributed by atoms with Gasteiger partial charge in [-0.2, -0.15) is 0 Å². The second-order valence-corrected chi connectivity index (χ2v) is 8.83. The summed E-state index contributed by atoms with van der Waals surface area (Å²) in [6.07, 6.45) is 1.56. The van der Waals surface area contributed by atoms with Crippen molar-refractivity contribution in [1.29, 1.82) is 0 Å². The van der Waals surface area contributed by atoms with Gasteiger partial charge in [0.1, 0.15) is 5.82 Å². The van der Waals surface area contributed by atoms with Gasteiger partial charge >= 0.3 is 0 Å². The number of amides is 1. The van der Waals surface area contributed by atoms with Crippen molar-refractivity contribution in [1.82, 2.24) is 5.32 Å². The van der Waals surface area contributed by atoms with Gasteiger partial charge in [0.25, 0.3) is 5.91 Å². The third-order valence-electron chi connectivity index (χ3n) is 5.45. The first kappa shape index (κ1) is 22.9. The van der Waals surface area contributed by atoms with Crippen molar-refractivity contribution in [2.75, 3.05) is 0 Å². The van der Waals surface area contributed by atoms with Crippen LogP contribution in [-0.2, 0) is 29.2 Å². The Kier molecular flexibility index (Phi) is 7.29. The molecule has 8 heteroatoms. The van der Waals surface area contributed by atoms with Crippen LogP contribution >= 0.6 is 27.5 Å². The van der Waals surface area contributed by atoms with Crippen molar-refractivity contribution in [2.45, 2.75) is 44.4 Å². The number of carbonyl (C=O) groups excluding carboxylic acids is 2. The highest BCUT2D eigenvalue weighted by atomic mass is 79.9. The van der Waals surface area contributed by atoms with Gasteiger partial charge in [-0.15, -0.1) is 0 Å². The maximum atomic E-state index is 13.4. The quantitative estimate of drug-likeness (QED) is 0.508. The Labute approximate surface area is 187 Å². The summed E-state index contributed by atoms with van der Waals surface area (Å²) in [5, 5.41) is 22.8. The number of aryl methyl sites for hydroxylation is 1. The van der Waals surface area contributed by atoms with Crippen LogP contribution in [0.25, 0.3) is 0 Å². The second kappa shape index (κ2) is 9.56. The number of aliphatic hydroxyl groups excluding tert-OH is 1. The number of ketones is 1. The minimum Gasteiger partial charge on any atom is -0.392 e. The smallest absolute Gasteiger partial charge is 0.260 e. The molecule has 0 aliphatic heterocycles. The minimum absolute atomic E-state index is 0.0423. The Morgan fingerprint density at radius 1 is 1.27 bits per heavy atom. The summed E-state index contributed by atoms with van der Waals surface area (Å²) in [4.78, 5) is 25.3. The van der Waals surface area contributed by atoms with E-state index in [2.05, 4.69) is 21.2 Å². The molecule has 160 valence electrons. The van der Waals surface area contributed by atoms with Gasteiger partial charge in [-0.05, 0) is 66.6 Å². The molecule has 3 N–H and O–H groups in total. The van der Waals surface area contributed by atoms with Crippen LogP contribution in [0.2, 0.25) is 5.02 Å². The van der Waals surface area contributed by atoms with Crippen LogP contribution in [0.3, 0.4) is 0 Å². The summed E-state index contributed by atoms with van der Waals surface area (Å²) in [6, 6.07) is 9.51. The third-order valence-corrected chi connectivity index (χ3v) is 6.44. The second-order valence-electron chi connectivity index (χ2n) is 7.54.